The topological polar surface area (TPSA) is 108 Å². The first-order chi connectivity index (χ1) is 13.8. The molecule has 0 atom stereocenters. The van der Waals surface area contributed by atoms with Crippen molar-refractivity contribution >= 4 is 17.7 Å². The Hall–Kier alpha value is -2.37. The van der Waals surface area contributed by atoms with Crippen molar-refractivity contribution in [2.24, 2.45) is 5.92 Å². The van der Waals surface area contributed by atoms with Crippen molar-refractivity contribution in [3.63, 3.8) is 0 Å². The first-order valence-corrected chi connectivity index (χ1v) is 10.2. The van der Waals surface area contributed by atoms with Gasteiger partial charge in [-0.2, -0.15) is 5.26 Å². The number of rotatable bonds is 9. The highest BCUT2D eigenvalue weighted by Gasteiger charge is 2.26. The Balaban J connectivity index is 1.70. The summed E-state index contributed by atoms with van der Waals surface area (Å²) in [4.78, 5) is 26.6. The molecule has 0 aromatic carbocycles. The van der Waals surface area contributed by atoms with Crippen molar-refractivity contribution in [1.29, 1.82) is 5.26 Å². The number of nitrogens with one attached hydrogen (secondary N) is 2. The largest absolute Gasteiger partial charge is 0.444 e. The number of piperidine rings is 1. The van der Waals surface area contributed by atoms with Gasteiger partial charge in [-0.3, -0.25) is 19.8 Å². The predicted octanol–water partition coefficient (Wildman–Crippen LogP) is 2.35. The highest BCUT2D eigenvalue weighted by atomic mass is 16.5. The molecule has 1 fully saturated rings. The van der Waals surface area contributed by atoms with Crippen LogP contribution in [0.1, 0.15) is 50.0 Å². The highest BCUT2D eigenvalue weighted by molar-refractivity contribution is 5.92. The van der Waals surface area contributed by atoms with Crippen LogP contribution in [-0.2, 0) is 14.3 Å². The zero-order chi connectivity index (χ0) is 21.4. The van der Waals surface area contributed by atoms with E-state index >= 15 is 0 Å². The van der Waals surface area contributed by atoms with E-state index in [1.165, 1.54) is 0 Å². The molecule has 0 spiro atoms. The van der Waals surface area contributed by atoms with E-state index in [0.717, 1.165) is 24.8 Å². The molecule has 2 N–H and O–H groups in total. The number of carbonyl (C=O) groups is 2. The molecule has 8 heteroatoms. The second-order valence-electron chi connectivity index (χ2n) is 7.76. The van der Waals surface area contributed by atoms with E-state index in [0.29, 0.717) is 37.6 Å². The maximum atomic E-state index is 12.3. The summed E-state index contributed by atoms with van der Waals surface area (Å²) in [6, 6.07) is 2.07. The van der Waals surface area contributed by atoms with Crippen LogP contribution >= 0.6 is 0 Å². The number of aryl methyl sites for hydroxylation is 1. The van der Waals surface area contributed by atoms with Gasteiger partial charge in [-0.15, -0.1) is 0 Å². The highest BCUT2D eigenvalue weighted by Crippen LogP contribution is 2.25. The zero-order valence-corrected chi connectivity index (χ0v) is 17.8. The fraction of sp³-hybridized carbons (Fsp3) is 0.667. The first-order valence-electron chi connectivity index (χ1n) is 10.2. The van der Waals surface area contributed by atoms with Gasteiger partial charge in [0.15, 0.2) is 0 Å². The average Bonchev–Trinajstić information content (AvgIpc) is 2.94. The Morgan fingerprint density at radius 2 is 2.00 bits per heavy atom. The summed E-state index contributed by atoms with van der Waals surface area (Å²) < 4.78 is 10.9. The van der Waals surface area contributed by atoms with Crippen molar-refractivity contribution in [3.05, 3.63) is 16.9 Å². The average molecular weight is 405 g/mol. The van der Waals surface area contributed by atoms with Crippen LogP contribution in [-0.4, -0.2) is 55.6 Å². The van der Waals surface area contributed by atoms with Gasteiger partial charge in [0.05, 0.1) is 12.6 Å². The Kier molecular flexibility index (Phi) is 8.68. The summed E-state index contributed by atoms with van der Waals surface area (Å²) >= 11 is 0. The van der Waals surface area contributed by atoms with Crippen molar-refractivity contribution in [3.8, 4) is 6.07 Å². The Morgan fingerprint density at radius 3 is 2.62 bits per heavy atom. The van der Waals surface area contributed by atoms with Gasteiger partial charge in [0.2, 0.25) is 17.7 Å². The molecule has 1 aliphatic rings. The molecule has 29 heavy (non-hydrogen) atoms. The first kappa shape index (κ1) is 22.9. The van der Waals surface area contributed by atoms with Crippen molar-refractivity contribution in [2.45, 2.75) is 53.1 Å². The second-order valence-corrected chi connectivity index (χ2v) is 7.76. The van der Waals surface area contributed by atoms with Crippen LogP contribution in [0.25, 0.3) is 0 Å². The fourth-order valence-electron chi connectivity index (χ4n) is 3.32. The Labute approximate surface area is 172 Å². The number of likely N-dealkylation sites (tertiary alicyclic amines) is 1. The van der Waals surface area contributed by atoms with E-state index in [4.69, 9.17) is 9.15 Å². The van der Waals surface area contributed by atoms with Crippen LogP contribution in [0.15, 0.2) is 4.42 Å². The minimum absolute atomic E-state index is 0.0131. The maximum Gasteiger partial charge on any atom is 0.240 e. The van der Waals surface area contributed by atoms with Crippen molar-refractivity contribution in [2.75, 3.05) is 38.1 Å². The molecule has 0 unspecified atom stereocenters. The minimum Gasteiger partial charge on any atom is -0.444 e. The lowest BCUT2D eigenvalue weighted by Crippen LogP contribution is -2.43. The van der Waals surface area contributed by atoms with Gasteiger partial charge in [-0.25, -0.2) is 0 Å². The van der Waals surface area contributed by atoms with Crippen LogP contribution in [0.5, 0.6) is 0 Å². The van der Waals surface area contributed by atoms with E-state index in [1.807, 2.05) is 18.7 Å². The van der Waals surface area contributed by atoms with Crippen LogP contribution in [0, 0.1) is 31.1 Å². The third-order valence-electron chi connectivity index (χ3n) is 5.15. The summed E-state index contributed by atoms with van der Waals surface area (Å²) in [5.41, 5.74) is 1.11. The monoisotopic (exact) mass is 404 g/mol. The van der Waals surface area contributed by atoms with Crippen LogP contribution in [0.4, 0.5) is 5.88 Å². The standard InChI is InChI=1S/C21H32N4O4/c1-14(2)28-11-5-8-23-20(27)17-6-9-25(10-7-17)13-19(26)24-21-18(12-22)15(3)16(4)29-21/h14,17H,5-11,13H2,1-4H3,(H,23,27)(H,24,26). The number of nitrogens with zero attached hydrogens (tertiary/aromatic N) is 2. The molecule has 160 valence electrons. The number of nitriles is 1. The second kappa shape index (κ2) is 11.0. The minimum atomic E-state index is -0.219. The molecule has 1 saturated heterocycles. The number of furan rings is 1. The third kappa shape index (κ3) is 6.87. The van der Waals surface area contributed by atoms with E-state index < -0.39 is 0 Å². The molecule has 0 aliphatic carbocycles. The van der Waals surface area contributed by atoms with Gasteiger partial charge in [-0.05, 0) is 60.0 Å². The van der Waals surface area contributed by atoms with E-state index in [9.17, 15) is 14.9 Å². The van der Waals surface area contributed by atoms with Crippen molar-refractivity contribution < 1.29 is 18.7 Å². The smallest absolute Gasteiger partial charge is 0.240 e. The zero-order valence-electron chi connectivity index (χ0n) is 17.8. The SMILES string of the molecule is Cc1oc(NC(=O)CN2CCC(C(=O)NCCCOC(C)C)CC2)c(C#N)c1C. The lowest BCUT2D eigenvalue weighted by atomic mass is 9.96. The quantitative estimate of drug-likeness (QED) is 0.612. The molecule has 1 aliphatic heterocycles. The summed E-state index contributed by atoms with van der Waals surface area (Å²) in [5.74, 6) is 0.686. The number of ether oxygens (including phenoxy) is 1. The van der Waals surface area contributed by atoms with Gasteiger partial charge in [0.25, 0.3) is 0 Å². The molecule has 8 nitrogen and oxygen atoms in total. The summed E-state index contributed by atoms with van der Waals surface area (Å²) in [7, 11) is 0. The lowest BCUT2D eigenvalue weighted by Gasteiger charge is -2.30. The molecule has 2 heterocycles. The molecule has 2 rings (SSSR count). The van der Waals surface area contributed by atoms with Gasteiger partial charge in [0, 0.05) is 24.6 Å². The predicted molar refractivity (Wildman–Crippen MR) is 109 cm³/mol. The van der Waals surface area contributed by atoms with E-state index in [1.54, 1.807) is 13.8 Å². The van der Waals surface area contributed by atoms with Gasteiger partial charge in [0.1, 0.15) is 17.4 Å². The van der Waals surface area contributed by atoms with Crippen molar-refractivity contribution in [1.82, 2.24) is 10.2 Å². The van der Waals surface area contributed by atoms with Gasteiger partial charge >= 0.3 is 0 Å². The van der Waals surface area contributed by atoms with Crippen LogP contribution < -0.4 is 10.6 Å². The number of carbonyl (C=O) groups excluding carboxylic acids is 2. The van der Waals surface area contributed by atoms with E-state index in [-0.39, 0.29) is 36.3 Å². The molecule has 0 radical (unpaired) electrons. The number of hydrogen-bond donors (Lipinski definition) is 2. The summed E-state index contributed by atoms with van der Waals surface area (Å²) in [6.07, 6.45) is 2.47. The van der Waals surface area contributed by atoms with Crippen LogP contribution in [0.2, 0.25) is 0 Å². The van der Waals surface area contributed by atoms with E-state index in [2.05, 4.69) is 16.7 Å². The summed E-state index contributed by atoms with van der Waals surface area (Å²) in [6.45, 7) is 10.4. The molecule has 0 bridgehead atoms. The van der Waals surface area contributed by atoms with Gasteiger partial charge in [-0.1, -0.05) is 0 Å². The van der Waals surface area contributed by atoms with Gasteiger partial charge < -0.3 is 14.5 Å². The Bertz CT molecular complexity index is 743. The number of amides is 2. The normalized spacial score (nSPS) is 15.3. The van der Waals surface area contributed by atoms with Crippen LogP contribution in [0.3, 0.4) is 0 Å². The third-order valence-corrected chi connectivity index (χ3v) is 5.15. The molecular weight excluding hydrogens is 372 g/mol. The summed E-state index contributed by atoms with van der Waals surface area (Å²) in [5, 5.41) is 14.9. The molecule has 1 aromatic rings. The molecular formula is C21H32N4O4. The fourth-order valence-corrected chi connectivity index (χ4v) is 3.32. The lowest BCUT2D eigenvalue weighted by molar-refractivity contribution is -0.126. The molecule has 1 aromatic heterocycles. The number of hydrogen-bond acceptors (Lipinski definition) is 6. The molecule has 0 saturated carbocycles. The number of anilines is 1. The Morgan fingerprint density at radius 1 is 1.31 bits per heavy atom. The molecule has 2 amide bonds. The maximum absolute atomic E-state index is 12.3.